The van der Waals surface area contributed by atoms with Gasteiger partial charge in [0.05, 0.1) is 11.3 Å². The molecule has 0 aromatic heterocycles. The molecule has 2 aromatic carbocycles. The van der Waals surface area contributed by atoms with E-state index in [0.29, 0.717) is 11.1 Å². The van der Waals surface area contributed by atoms with E-state index in [4.69, 9.17) is 0 Å². The molecule has 2 heterocycles. The van der Waals surface area contributed by atoms with Crippen LogP contribution in [0.4, 0.5) is 11.4 Å². The number of nitrogens with zero attached hydrogens (tertiary/aromatic N) is 2. The number of aryl methyl sites for hydroxylation is 1. The highest BCUT2D eigenvalue weighted by molar-refractivity contribution is 9.10. The molecule has 5 nitrogen and oxygen atoms in total. The summed E-state index contributed by atoms with van der Waals surface area (Å²) < 4.78 is 1.01. The molecule has 2 amide bonds. The van der Waals surface area contributed by atoms with Crippen LogP contribution in [-0.2, 0) is 0 Å². The lowest BCUT2D eigenvalue weighted by molar-refractivity contribution is 0.0715. The van der Waals surface area contributed by atoms with Crippen molar-refractivity contribution >= 4 is 39.1 Å². The van der Waals surface area contributed by atoms with Crippen molar-refractivity contribution in [1.29, 1.82) is 0 Å². The summed E-state index contributed by atoms with van der Waals surface area (Å²) in [5.74, 6) is -0.0930. The summed E-state index contributed by atoms with van der Waals surface area (Å²) in [7, 11) is 0. The van der Waals surface area contributed by atoms with Gasteiger partial charge in [-0.2, -0.15) is 0 Å². The van der Waals surface area contributed by atoms with Gasteiger partial charge in [-0.05, 0) is 68.7 Å². The molecule has 0 radical (unpaired) electrons. The molecule has 1 unspecified atom stereocenters. The molecule has 1 atom stereocenters. The fourth-order valence-electron chi connectivity index (χ4n) is 4.02. The van der Waals surface area contributed by atoms with Crippen LogP contribution in [0.2, 0.25) is 0 Å². The Hall–Kier alpha value is -2.34. The Labute approximate surface area is 167 Å². The quantitative estimate of drug-likeness (QED) is 0.788. The highest BCUT2D eigenvalue weighted by Crippen LogP contribution is 2.36. The molecular formula is C21H22BrN3O2. The maximum absolute atomic E-state index is 12.8. The maximum Gasteiger partial charge on any atom is 0.257 e. The summed E-state index contributed by atoms with van der Waals surface area (Å²) in [6.45, 7) is 5.69. The van der Waals surface area contributed by atoms with E-state index in [1.807, 2.05) is 36.1 Å². The number of fused-ring (bicyclic) bond motifs is 2. The van der Waals surface area contributed by atoms with Gasteiger partial charge < -0.3 is 15.1 Å². The van der Waals surface area contributed by atoms with E-state index in [0.717, 1.165) is 47.3 Å². The predicted octanol–water partition coefficient (Wildman–Crippen LogP) is 4.41. The summed E-state index contributed by atoms with van der Waals surface area (Å²) in [5.41, 5.74) is 3.93. The number of hydrogen-bond acceptors (Lipinski definition) is 3. The van der Waals surface area contributed by atoms with Crippen molar-refractivity contribution in [1.82, 2.24) is 4.90 Å². The third-order valence-corrected chi connectivity index (χ3v) is 6.29. The number of rotatable bonds is 3. The van der Waals surface area contributed by atoms with Crippen molar-refractivity contribution in [2.24, 2.45) is 0 Å². The largest absolute Gasteiger partial charge is 0.351 e. The molecule has 140 valence electrons. The molecular weight excluding hydrogens is 406 g/mol. The molecule has 0 spiro atoms. The SMILES string of the molecule is CCN1c2cc(C(=O)Nc3ccc(Br)c(C)c3)ccc2C(=O)N2CCCC21. The number of anilines is 2. The van der Waals surface area contributed by atoms with Gasteiger partial charge in [0, 0.05) is 28.8 Å². The van der Waals surface area contributed by atoms with Crippen LogP contribution in [0.5, 0.6) is 0 Å². The average molecular weight is 428 g/mol. The Balaban J connectivity index is 1.65. The second kappa shape index (κ2) is 7.00. The van der Waals surface area contributed by atoms with Crippen LogP contribution in [0, 0.1) is 6.92 Å². The zero-order chi connectivity index (χ0) is 19.1. The first-order valence-corrected chi connectivity index (χ1v) is 10.1. The molecule has 0 aliphatic carbocycles. The molecule has 1 saturated heterocycles. The summed E-state index contributed by atoms with van der Waals surface area (Å²) in [6.07, 6.45) is 2.12. The number of hydrogen-bond donors (Lipinski definition) is 1. The van der Waals surface area contributed by atoms with E-state index < -0.39 is 0 Å². The Kier molecular flexibility index (Phi) is 4.68. The van der Waals surface area contributed by atoms with Crippen molar-refractivity contribution in [2.45, 2.75) is 32.9 Å². The molecule has 6 heteroatoms. The Morgan fingerprint density at radius 2 is 2.07 bits per heavy atom. The minimum absolute atomic E-state index is 0.0766. The number of amides is 2. The average Bonchev–Trinajstić information content (AvgIpc) is 3.15. The van der Waals surface area contributed by atoms with Gasteiger partial charge in [-0.3, -0.25) is 9.59 Å². The second-order valence-corrected chi connectivity index (χ2v) is 7.91. The van der Waals surface area contributed by atoms with Crippen LogP contribution in [0.3, 0.4) is 0 Å². The van der Waals surface area contributed by atoms with Crippen LogP contribution in [0.1, 0.15) is 46.0 Å². The summed E-state index contributed by atoms with van der Waals surface area (Å²) in [5, 5.41) is 2.95. The van der Waals surface area contributed by atoms with Gasteiger partial charge in [-0.15, -0.1) is 0 Å². The molecule has 1 fully saturated rings. The highest BCUT2D eigenvalue weighted by Gasteiger charge is 2.39. The van der Waals surface area contributed by atoms with Gasteiger partial charge in [0.2, 0.25) is 0 Å². The third-order valence-electron chi connectivity index (χ3n) is 5.40. The first kappa shape index (κ1) is 18.0. The van der Waals surface area contributed by atoms with Gasteiger partial charge >= 0.3 is 0 Å². The number of benzene rings is 2. The van der Waals surface area contributed by atoms with E-state index in [2.05, 4.69) is 33.1 Å². The number of carbonyl (C=O) groups is 2. The molecule has 0 saturated carbocycles. The summed E-state index contributed by atoms with van der Waals surface area (Å²) >= 11 is 3.47. The lowest BCUT2D eigenvalue weighted by Crippen LogP contribution is -2.52. The molecule has 0 bridgehead atoms. The Bertz CT molecular complexity index is 928. The fraction of sp³-hybridized carbons (Fsp3) is 0.333. The standard InChI is InChI=1S/C21H22BrN3O2/c1-3-24-18-12-14(20(26)23-15-7-9-17(22)13(2)11-15)6-8-16(18)21(27)25-10-4-5-19(24)25/h6-9,11-12,19H,3-5,10H2,1-2H3,(H,23,26). The zero-order valence-corrected chi connectivity index (χ0v) is 17.0. The van der Waals surface area contributed by atoms with Crippen LogP contribution < -0.4 is 10.2 Å². The summed E-state index contributed by atoms with van der Waals surface area (Å²) in [4.78, 5) is 29.8. The second-order valence-electron chi connectivity index (χ2n) is 7.06. The minimum atomic E-state index is -0.170. The zero-order valence-electron chi connectivity index (χ0n) is 15.5. The van der Waals surface area contributed by atoms with Crippen molar-refractivity contribution in [3.05, 3.63) is 57.6 Å². The van der Waals surface area contributed by atoms with Crippen LogP contribution >= 0.6 is 15.9 Å². The third kappa shape index (κ3) is 3.12. The van der Waals surface area contributed by atoms with Gasteiger partial charge in [0.1, 0.15) is 6.17 Å². The van der Waals surface area contributed by atoms with E-state index in [-0.39, 0.29) is 18.0 Å². The Morgan fingerprint density at radius 1 is 1.26 bits per heavy atom. The number of carbonyl (C=O) groups excluding carboxylic acids is 2. The van der Waals surface area contributed by atoms with Gasteiger partial charge in [-0.25, -0.2) is 0 Å². The first-order valence-electron chi connectivity index (χ1n) is 9.28. The minimum Gasteiger partial charge on any atom is -0.351 e. The molecule has 2 aromatic rings. The van der Waals surface area contributed by atoms with Gasteiger partial charge in [-0.1, -0.05) is 15.9 Å². The molecule has 2 aliphatic heterocycles. The van der Waals surface area contributed by atoms with Crippen molar-refractivity contribution < 1.29 is 9.59 Å². The van der Waals surface area contributed by atoms with Crippen LogP contribution in [-0.4, -0.2) is 36.0 Å². The van der Waals surface area contributed by atoms with Crippen molar-refractivity contribution in [3.8, 4) is 0 Å². The molecule has 2 aliphatic rings. The van der Waals surface area contributed by atoms with E-state index in [1.54, 1.807) is 12.1 Å². The van der Waals surface area contributed by atoms with Crippen molar-refractivity contribution in [2.75, 3.05) is 23.3 Å². The molecule has 4 rings (SSSR count). The number of halogens is 1. The van der Waals surface area contributed by atoms with E-state index >= 15 is 0 Å². The molecule has 27 heavy (non-hydrogen) atoms. The maximum atomic E-state index is 12.8. The topological polar surface area (TPSA) is 52.7 Å². The predicted molar refractivity (Wildman–Crippen MR) is 110 cm³/mol. The lowest BCUT2D eigenvalue weighted by Gasteiger charge is -2.41. The highest BCUT2D eigenvalue weighted by atomic mass is 79.9. The first-order chi connectivity index (χ1) is 13.0. The monoisotopic (exact) mass is 427 g/mol. The van der Waals surface area contributed by atoms with E-state index in [9.17, 15) is 9.59 Å². The van der Waals surface area contributed by atoms with Crippen LogP contribution in [0.15, 0.2) is 40.9 Å². The lowest BCUT2D eigenvalue weighted by atomic mass is 10.0. The molecule has 1 N–H and O–H groups in total. The Morgan fingerprint density at radius 3 is 2.81 bits per heavy atom. The number of nitrogens with one attached hydrogen (secondary N) is 1. The normalized spacial score (nSPS) is 18.3. The van der Waals surface area contributed by atoms with Crippen molar-refractivity contribution in [3.63, 3.8) is 0 Å². The summed E-state index contributed by atoms with van der Waals surface area (Å²) in [6, 6.07) is 11.1. The van der Waals surface area contributed by atoms with E-state index in [1.165, 1.54) is 0 Å². The van der Waals surface area contributed by atoms with Gasteiger partial charge in [0.15, 0.2) is 0 Å². The van der Waals surface area contributed by atoms with Gasteiger partial charge in [0.25, 0.3) is 11.8 Å². The smallest absolute Gasteiger partial charge is 0.257 e. The fourth-order valence-corrected chi connectivity index (χ4v) is 4.27. The van der Waals surface area contributed by atoms with Crippen LogP contribution in [0.25, 0.3) is 0 Å².